The summed E-state index contributed by atoms with van der Waals surface area (Å²) in [6.07, 6.45) is 10.6. The van der Waals surface area contributed by atoms with Gasteiger partial charge in [0.1, 0.15) is 5.78 Å². The maximum absolute atomic E-state index is 11.6. The highest BCUT2D eigenvalue weighted by Crippen LogP contribution is 2.14. The van der Waals surface area contributed by atoms with Gasteiger partial charge in [0.15, 0.2) is 0 Å². The monoisotopic (exact) mass is 256 g/mol. The van der Waals surface area contributed by atoms with Crippen molar-refractivity contribution in [2.45, 2.75) is 91.1 Å². The maximum atomic E-state index is 11.6. The van der Waals surface area contributed by atoms with E-state index < -0.39 is 0 Å². The Labute approximate surface area is 113 Å². The number of unbranched alkanes of at least 4 members (excludes halogenated alkanes) is 5. The molecule has 0 aromatic heterocycles. The van der Waals surface area contributed by atoms with Crippen molar-refractivity contribution in [3.8, 4) is 0 Å². The van der Waals surface area contributed by atoms with E-state index in [4.69, 9.17) is 0 Å². The Hall–Kier alpha value is -0.370. The predicted molar refractivity (Wildman–Crippen MR) is 77.7 cm³/mol. The number of hydrogen-bond donors (Lipinski definition) is 1. The average Bonchev–Trinajstić information content (AvgIpc) is 2.33. The molecule has 0 radical (unpaired) electrons. The van der Waals surface area contributed by atoms with E-state index in [0.29, 0.717) is 18.1 Å². The summed E-state index contributed by atoms with van der Waals surface area (Å²) >= 11 is 0. The summed E-state index contributed by atoms with van der Waals surface area (Å²) < 4.78 is 0. The van der Waals surface area contributed by atoms with E-state index in [2.05, 4.69) is 6.92 Å². The van der Waals surface area contributed by atoms with Crippen LogP contribution in [0.15, 0.2) is 0 Å². The molecule has 0 aliphatic carbocycles. The van der Waals surface area contributed by atoms with E-state index in [9.17, 15) is 9.90 Å². The van der Waals surface area contributed by atoms with E-state index in [1.807, 2.05) is 13.8 Å². The number of aliphatic hydroxyl groups excluding tert-OH is 1. The summed E-state index contributed by atoms with van der Waals surface area (Å²) in [7, 11) is 0. The highest BCUT2D eigenvalue weighted by Gasteiger charge is 2.09. The summed E-state index contributed by atoms with van der Waals surface area (Å²) in [6, 6.07) is 0. The van der Waals surface area contributed by atoms with Crippen molar-refractivity contribution in [3.05, 3.63) is 0 Å². The van der Waals surface area contributed by atoms with Crippen molar-refractivity contribution in [1.29, 1.82) is 0 Å². The smallest absolute Gasteiger partial charge is 0.132 e. The van der Waals surface area contributed by atoms with Gasteiger partial charge in [0.05, 0.1) is 6.10 Å². The lowest BCUT2D eigenvalue weighted by Crippen LogP contribution is -2.13. The molecule has 0 aromatic carbocycles. The molecule has 0 rings (SSSR count). The zero-order valence-electron chi connectivity index (χ0n) is 12.6. The summed E-state index contributed by atoms with van der Waals surface area (Å²) in [4.78, 5) is 11.6. The van der Waals surface area contributed by atoms with Crippen molar-refractivity contribution in [2.24, 2.45) is 5.92 Å². The van der Waals surface area contributed by atoms with Crippen LogP contribution in [0.1, 0.15) is 85.0 Å². The topological polar surface area (TPSA) is 37.3 Å². The molecule has 2 nitrogen and oxygen atoms in total. The van der Waals surface area contributed by atoms with E-state index >= 15 is 0 Å². The standard InChI is InChI=1S/C16H32O2/c1-4-5-6-7-8-9-12-16(18)13-10-11-14(2)15(3)17/h14-15,17H,4-13H2,1-3H3/t14-,15-/m0/s1. The molecule has 0 amide bonds. The van der Waals surface area contributed by atoms with Gasteiger partial charge in [-0.15, -0.1) is 0 Å². The van der Waals surface area contributed by atoms with E-state index in [1.54, 1.807) is 0 Å². The highest BCUT2D eigenvalue weighted by molar-refractivity contribution is 5.78. The SMILES string of the molecule is CCCCCCCCC(=O)CCC[C@H](C)[C@H](C)O. The van der Waals surface area contributed by atoms with Gasteiger partial charge in [-0.2, -0.15) is 0 Å². The molecule has 0 aliphatic rings. The van der Waals surface area contributed by atoms with Crippen LogP contribution in [0.5, 0.6) is 0 Å². The maximum Gasteiger partial charge on any atom is 0.132 e. The van der Waals surface area contributed by atoms with Crippen LogP contribution < -0.4 is 0 Å². The first-order chi connectivity index (χ1) is 8.57. The van der Waals surface area contributed by atoms with Crippen LogP contribution in [0.4, 0.5) is 0 Å². The van der Waals surface area contributed by atoms with Crippen molar-refractivity contribution >= 4 is 5.78 Å². The fourth-order valence-electron chi connectivity index (χ4n) is 2.09. The Balaban J connectivity index is 3.32. The Bertz CT molecular complexity index is 199. The molecule has 1 N–H and O–H groups in total. The molecule has 0 fully saturated rings. The lowest BCUT2D eigenvalue weighted by molar-refractivity contribution is -0.119. The number of carbonyl (C=O) groups excluding carboxylic acids is 1. The highest BCUT2D eigenvalue weighted by atomic mass is 16.3. The van der Waals surface area contributed by atoms with Crippen LogP contribution in [0.2, 0.25) is 0 Å². The van der Waals surface area contributed by atoms with Gasteiger partial charge in [-0.05, 0) is 32.1 Å². The zero-order chi connectivity index (χ0) is 13.8. The minimum Gasteiger partial charge on any atom is -0.393 e. The molecule has 0 bridgehead atoms. The van der Waals surface area contributed by atoms with E-state index in [1.165, 1.54) is 32.1 Å². The molecule has 0 saturated carbocycles. The Morgan fingerprint density at radius 2 is 1.50 bits per heavy atom. The Morgan fingerprint density at radius 1 is 0.944 bits per heavy atom. The van der Waals surface area contributed by atoms with Gasteiger partial charge < -0.3 is 5.11 Å². The molecular weight excluding hydrogens is 224 g/mol. The Morgan fingerprint density at radius 3 is 2.11 bits per heavy atom. The quantitative estimate of drug-likeness (QED) is 0.522. The van der Waals surface area contributed by atoms with Crippen molar-refractivity contribution in [3.63, 3.8) is 0 Å². The van der Waals surface area contributed by atoms with E-state index in [-0.39, 0.29) is 6.10 Å². The fraction of sp³-hybridized carbons (Fsp3) is 0.938. The molecule has 0 aromatic rings. The first-order valence-corrected chi connectivity index (χ1v) is 7.77. The number of hydrogen-bond acceptors (Lipinski definition) is 2. The minimum atomic E-state index is -0.251. The third-order valence-electron chi connectivity index (χ3n) is 3.75. The third kappa shape index (κ3) is 10.8. The van der Waals surface area contributed by atoms with E-state index in [0.717, 1.165) is 25.7 Å². The van der Waals surface area contributed by atoms with Gasteiger partial charge in [0, 0.05) is 12.8 Å². The second-order valence-corrected chi connectivity index (χ2v) is 5.67. The predicted octanol–water partition coefficient (Wildman–Crippen LogP) is 4.49. The first kappa shape index (κ1) is 17.6. The molecule has 0 aliphatic heterocycles. The minimum absolute atomic E-state index is 0.251. The van der Waals surface area contributed by atoms with Gasteiger partial charge in [0.25, 0.3) is 0 Å². The van der Waals surface area contributed by atoms with Crippen LogP contribution in [0, 0.1) is 5.92 Å². The lowest BCUT2D eigenvalue weighted by Gasteiger charge is -2.13. The molecule has 2 atom stereocenters. The fourth-order valence-corrected chi connectivity index (χ4v) is 2.09. The number of ketones is 1. The van der Waals surface area contributed by atoms with Crippen LogP contribution in [-0.4, -0.2) is 17.0 Å². The molecule has 0 saturated heterocycles. The normalized spacial score (nSPS) is 14.4. The van der Waals surface area contributed by atoms with Gasteiger partial charge >= 0.3 is 0 Å². The van der Waals surface area contributed by atoms with Crippen LogP contribution >= 0.6 is 0 Å². The molecule has 18 heavy (non-hydrogen) atoms. The largest absolute Gasteiger partial charge is 0.393 e. The lowest BCUT2D eigenvalue weighted by atomic mass is 9.97. The van der Waals surface area contributed by atoms with Crippen molar-refractivity contribution in [2.75, 3.05) is 0 Å². The van der Waals surface area contributed by atoms with Crippen molar-refractivity contribution < 1.29 is 9.90 Å². The number of Topliss-reactive ketones (excluding diaryl/α,β-unsaturated/α-hetero) is 1. The molecular formula is C16H32O2. The first-order valence-electron chi connectivity index (χ1n) is 7.77. The molecule has 0 unspecified atom stereocenters. The second kappa shape index (κ2) is 11.7. The van der Waals surface area contributed by atoms with Crippen molar-refractivity contribution in [1.82, 2.24) is 0 Å². The number of aliphatic hydroxyl groups is 1. The summed E-state index contributed by atoms with van der Waals surface area (Å²) in [5.41, 5.74) is 0. The molecule has 108 valence electrons. The Kier molecular flexibility index (Phi) is 11.5. The van der Waals surface area contributed by atoms with Gasteiger partial charge in [-0.1, -0.05) is 46.0 Å². The summed E-state index contributed by atoms with van der Waals surface area (Å²) in [5.74, 6) is 0.718. The van der Waals surface area contributed by atoms with Gasteiger partial charge in [-0.3, -0.25) is 4.79 Å². The van der Waals surface area contributed by atoms with Gasteiger partial charge in [0.2, 0.25) is 0 Å². The number of rotatable bonds is 12. The van der Waals surface area contributed by atoms with Crippen LogP contribution in [-0.2, 0) is 4.79 Å². The summed E-state index contributed by atoms with van der Waals surface area (Å²) in [5, 5.41) is 9.35. The van der Waals surface area contributed by atoms with Crippen LogP contribution in [0.3, 0.4) is 0 Å². The average molecular weight is 256 g/mol. The van der Waals surface area contributed by atoms with Gasteiger partial charge in [-0.25, -0.2) is 0 Å². The van der Waals surface area contributed by atoms with Crippen LogP contribution in [0.25, 0.3) is 0 Å². The molecule has 0 heterocycles. The zero-order valence-corrected chi connectivity index (χ0v) is 12.6. The molecule has 0 spiro atoms. The third-order valence-corrected chi connectivity index (χ3v) is 3.75. The second-order valence-electron chi connectivity index (χ2n) is 5.67. The summed E-state index contributed by atoms with van der Waals surface area (Å²) in [6.45, 7) is 6.09. The number of carbonyl (C=O) groups is 1. The molecule has 2 heteroatoms.